The second kappa shape index (κ2) is 3.69. The van der Waals surface area contributed by atoms with Crippen molar-refractivity contribution in [1.29, 1.82) is 0 Å². The summed E-state index contributed by atoms with van der Waals surface area (Å²) in [4.78, 5) is 0.260. The third-order valence-corrected chi connectivity index (χ3v) is 3.98. The molecule has 0 N–H and O–H groups in total. The van der Waals surface area contributed by atoms with Gasteiger partial charge in [-0.25, -0.2) is 0 Å². The molecule has 76 valence electrons. The van der Waals surface area contributed by atoms with Crippen molar-refractivity contribution in [3.05, 3.63) is 24.3 Å². The van der Waals surface area contributed by atoms with E-state index in [1.54, 1.807) is 31.2 Å². The van der Waals surface area contributed by atoms with E-state index >= 15 is 0 Å². The number of sulfone groups is 1. The van der Waals surface area contributed by atoms with E-state index in [4.69, 9.17) is 0 Å². The van der Waals surface area contributed by atoms with Gasteiger partial charge in [0.1, 0.15) is 0 Å². The molecule has 0 amide bonds. The van der Waals surface area contributed by atoms with Crippen molar-refractivity contribution in [2.45, 2.75) is 11.7 Å². The van der Waals surface area contributed by atoms with Gasteiger partial charge in [-0.1, -0.05) is 0 Å². The van der Waals surface area contributed by atoms with Crippen LogP contribution >= 0.6 is 0 Å². The topological polar surface area (TPSA) is 59.9 Å². The van der Waals surface area contributed by atoms with Crippen LogP contribution in [0.3, 0.4) is 0 Å². The third kappa shape index (κ3) is 1.77. The first-order valence-electron chi connectivity index (χ1n) is 4.58. The molecule has 1 heterocycles. The fourth-order valence-electron chi connectivity index (χ4n) is 1.39. The molecular formula is C9H9BN2O2S. The van der Waals surface area contributed by atoms with Crippen LogP contribution < -0.4 is 0 Å². The van der Waals surface area contributed by atoms with Crippen LogP contribution in [0.25, 0.3) is 10.9 Å². The zero-order chi connectivity index (χ0) is 10.9. The zero-order valence-electron chi connectivity index (χ0n) is 8.21. The van der Waals surface area contributed by atoms with E-state index < -0.39 is 9.84 Å². The Kier molecular flexibility index (Phi) is 2.52. The van der Waals surface area contributed by atoms with Crippen LogP contribution in [0.15, 0.2) is 29.1 Å². The minimum atomic E-state index is -3.23. The van der Waals surface area contributed by atoms with Crippen LogP contribution in [-0.4, -0.2) is 31.3 Å². The Morgan fingerprint density at radius 3 is 2.80 bits per heavy atom. The molecule has 15 heavy (non-hydrogen) atoms. The summed E-state index contributed by atoms with van der Waals surface area (Å²) in [5, 5.41) is 8.21. The van der Waals surface area contributed by atoms with Crippen molar-refractivity contribution in [1.82, 2.24) is 10.1 Å². The molecule has 0 bridgehead atoms. The van der Waals surface area contributed by atoms with E-state index in [-0.39, 0.29) is 10.5 Å². The van der Waals surface area contributed by atoms with Crippen LogP contribution in [0.2, 0.25) is 0 Å². The summed E-state index contributed by atoms with van der Waals surface area (Å²) in [6, 6.07) is 7.08. The maximum atomic E-state index is 11.7. The van der Waals surface area contributed by atoms with E-state index in [9.17, 15) is 8.42 Å². The number of benzene rings is 1. The summed E-state index contributed by atoms with van der Waals surface area (Å²) < 4.78 is 23.5. The summed E-state index contributed by atoms with van der Waals surface area (Å²) in [6.07, 6.45) is 0. The average Bonchev–Trinajstić information content (AvgIpc) is 2.28. The van der Waals surface area contributed by atoms with E-state index in [2.05, 4.69) is 10.1 Å². The molecule has 0 atom stereocenters. The van der Waals surface area contributed by atoms with Crippen LogP contribution in [0.4, 0.5) is 0 Å². The summed E-state index contributed by atoms with van der Waals surface area (Å²) in [7, 11) is -1.92. The Morgan fingerprint density at radius 2 is 2.07 bits per heavy atom. The van der Waals surface area contributed by atoms with Crippen LogP contribution in [0.5, 0.6) is 0 Å². The van der Waals surface area contributed by atoms with Gasteiger partial charge in [-0.3, -0.25) is 0 Å². The molecule has 0 radical (unpaired) electrons. The number of rotatable bonds is 2. The van der Waals surface area contributed by atoms with E-state index in [1.807, 2.05) is 0 Å². The summed E-state index contributed by atoms with van der Waals surface area (Å²) >= 11 is 0. The Hall–Kier alpha value is -1.30. The molecule has 0 aliphatic rings. The Balaban J connectivity index is 2.83. The first-order valence-corrected chi connectivity index (χ1v) is 6.23. The monoisotopic (exact) mass is 220 g/mol. The number of hydrogen-bond donors (Lipinski definition) is 0. The van der Waals surface area contributed by atoms with Gasteiger partial charge in [-0.05, 0) is 0 Å². The number of fused-ring (bicyclic) bond motifs is 1. The predicted octanol–water partition coefficient (Wildman–Crippen LogP) is 0.761. The molecule has 0 saturated heterocycles. The molecule has 2 aromatic rings. The molecule has 6 heteroatoms. The summed E-state index contributed by atoms with van der Waals surface area (Å²) in [6.45, 7) is 1.62. The van der Waals surface area contributed by atoms with Crippen LogP contribution in [0, 0.1) is 0 Å². The minimum absolute atomic E-state index is 0.0721. The second-order valence-electron chi connectivity index (χ2n) is 3.13. The van der Waals surface area contributed by atoms with Crippen molar-refractivity contribution in [3.63, 3.8) is 0 Å². The van der Waals surface area contributed by atoms with E-state index in [1.165, 1.54) is 7.05 Å². The number of hydrogen-bond acceptors (Lipinski definition) is 4. The molecule has 0 saturated carbocycles. The van der Waals surface area contributed by atoms with Gasteiger partial charge in [0, 0.05) is 0 Å². The van der Waals surface area contributed by atoms with Gasteiger partial charge in [-0.2, -0.15) is 0 Å². The Bertz CT molecular complexity index is 593. The first-order chi connectivity index (χ1) is 7.15. The number of aromatic nitrogens is 2. The van der Waals surface area contributed by atoms with Gasteiger partial charge in [0.25, 0.3) is 0 Å². The van der Waals surface area contributed by atoms with Crippen molar-refractivity contribution < 1.29 is 8.42 Å². The Labute approximate surface area is 88.5 Å². The second-order valence-corrected chi connectivity index (χ2v) is 5.38. The van der Waals surface area contributed by atoms with Gasteiger partial charge in [0.15, 0.2) is 0 Å². The molecule has 1 aromatic heterocycles. The molecule has 1 aromatic carbocycles. The normalized spacial score (nSPS) is 11.5. The van der Waals surface area contributed by atoms with Crippen molar-refractivity contribution in [2.24, 2.45) is 0 Å². The quantitative estimate of drug-likeness (QED) is 0.749. The third-order valence-electron chi connectivity index (χ3n) is 2.23. The summed E-state index contributed by atoms with van der Waals surface area (Å²) in [5.74, 6) is 0.0721. The number of nitrogens with zero attached hydrogens (tertiary/aromatic N) is 2. The molecule has 0 aliphatic carbocycles. The first kappa shape index (κ1) is 10.2. The van der Waals surface area contributed by atoms with Crippen molar-refractivity contribution in [2.75, 3.05) is 5.75 Å². The van der Waals surface area contributed by atoms with E-state index in [0.29, 0.717) is 10.9 Å². The van der Waals surface area contributed by atoms with Crippen LogP contribution in [0.1, 0.15) is 6.92 Å². The Morgan fingerprint density at radius 1 is 1.33 bits per heavy atom. The molecule has 0 fully saturated rings. The average molecular weight is 220 g/mol. The maximum absolute atomic E-state index is 11.7. The van der Waals surface area contributed by atoms with Crippen molar-refractivity contribution in [3.8, 4) is 0 Å². The molecule has 4 nitrogen and oxygen atoms in total. The van der Waals surface area contributed by atoms with E-state index in [0.717, 1.165) is 0 Å². The summed E-state index contributed by atoms with van der Waals surface area (Å²) in [5.41, 5.74) is 0.604. The molecule has 0 aliphatic heterocycles. The van der Waals surface area contributed by atoms with Gasteiger partial charge in [0.2, 0.25) is 0 Å². The van der Waals surface area contributed by atoms with Gasteiger partial charge < -0.3 is 0 Å². The van der Waals surface area contributed by atoms with Crippen LogP contribution in [-0.2, 0) is 9.84 Å². The molecule has 0 spiro atoms. The molecular weight excluding hydrogens is 211 g/mol. The van der Waals surface area contributed by atoms with Gasteiger partial charge in [0.05, 0.1) is 0 Å². The van der Waals surface area contributed by atoms with Gasteiger partial charge in [-0.15, -0.1) is 0 Å². The molecule has 2 rings (SSSR count). The fraction of sp³-hybridized carbons (Fsp3) is 0.222. The fourth-order valence-corrected chi connectivity index (χ4v) is 2.41. The standard InChI is InChI=1S/C9H9BN2O2S/c1-2-15(13,14)9-7-5-3-4-6-8(7)11-12-10-9/h3-6H,2H2,1H3. The predicted molar refractivity (Wildman–Crippen MR) is 58.6 cm³/mol. The van der Waals surface area contributed by atoms with Gasteiger partial charge >= 0.3 is 88.0 Å². The van der Waals surface area contributed by atoms with Crippen molar-refractivity contribution >= 4 is 27.8 Å². The zero-order valence-corrected chi connectivity index (χ0v) is 9.03. The SMILES string of the molecule is CCS(=O)(=O)c1bnnc2ccccc12. The molecule has 0 unspecified atom stereocenters.